The number of thiazole rings is 1. The molecule has 0 aliphatic heterocycles. The van der Waals surface area contributed by atoms with Crippen molar-refractivity contribution in [3.8, 4) is 11.4 Å². The van der Waals surface area contributed by atoms with Crippen molar-refractivity contribution in [2.45, 2.75) is 12.8 Å². The molecule has 0 saturated carbocycles. The number of carbonyl (C=O) groups excluding carboxylic acids is 1. The van der Waals surface area contributed by atoms with Gasteiger partial charge in [-0.15, -0.1) is 11.3 Å². The number of hydrogen-bond acceptors (Lipinski definition) is 3. The van der Waals surface area contributed by atoms with Crippen molar-refractivity contribution in [3.05, 3.63) is 64.6 Å². The van der Waals surface area contributed by atoms with Crippen LogP contribution in [0.15, 0.2) is 54.0 Å². The average molecular weight is 339 g/mol. The third-order valence-electron chi connectivity index (χ3n) is 4.06. The van der Waals surface area contributed by atoms with E-state index in [2.05, 4.69) is 22.9 Å². The van der Waals surface area contributed by atoms with Gasteiger partial charge in [-0.3, -0.25) is 4.79 Å². The Hall–Kier alpha value is -2.40. The fraction of sp³-hybridized carbons (Fsp3) is 0.263. The Bertz CT molecular complexity index is 822. The molecule has 0 bridgehead atoms. The second kappa shape index (κ2) is 7.01. The summed E-state index contributed by atoms with van der Waals surface area (Å²) in [4.78, 5) is 19.0. The Balaban J connectivity index is 1.69. The largest absolute Gasteiger partial charge is 0.349 e. The van der Waals surface area contributed by atoms with Gasteiger partial charge in [0, 0.05) is 43.7 Å². The van der Waals surface area contributed by atoms with Gasteiger partial charge in [-0.05, 0) is 24.3 Å². The van der Waals surface area contributed by atoms with E-state index in [4.69, 9.17) is 4.98 Å². The third kappa shape index (κ3) is 3.41. The summed E-state index contributed by atoms with van der Waals surface area (Å²) in [5.41, 5.74) is 2.82. The van der Waals surface area contributed by atoms with Crippen LogP contribution in [0.4, 0.5) is 0 Å². The maximum atomic E-state index is 12.5. The fourth-order valence-electron chi connectivity index (χ4n) is 2.73. The first-order chi connectivity index (χ1) is 11.6. The molecule has 2 heterocycles. The highest BCUT2D eigenvalue weighted by molar-refractivity contribution is 7.10. The molecule has 0 N–H and O–H groups in total. The molecule has 3 rings (SSSR count). The van der Waals surface area contributed by atoms with Crippen molar-refractivity contribution in [3.63, 3.8) is 0 Å². The highest BCUT2D eigenvalue weighted by Gasteiger charge is 2.18. The summed E-state index contributed by atoms with van der Waals surface area (Å²) in [5, 5.41) is 3.14. The normalized spacial score (nSPS) is 12.1. The molecule has 5 heteroatoms. The molecule has 2 aromatic heterocycles. The van der Waals surface area contributed by atoms with Gasteiger partial charge in [0.15, 0.2) is 0 Å². The summed E-state index contributed by atoms with van der Waals surface area (Å²) in [6.45, 7) is 2.76. The maximum absolute atomic E-state index is 12.5. The van der Waals surface area contributed by atoms with Crippen LogP contribution in [0.1, 0.15) is 28.2 Å². The average Bonchev–Trinajstić information content (AvgIpc) is 3.23. The minimum absolute atomic E-state index is 0.0432. The van der Waals surface area contributed by atoms with E-state index in [9.17, 15) is 4.79 Å². The van der Waals surface area contributed by atoms with E-state index < -0.39 is 0 Å². The van der Waals surface area contributed by atoms with E-state index in [1.807, 2.05) is 56.7 Å². The Labute approximate surface area is 146 Å². The molecular formula is C19H21N3OS. The fourth-order valence-corrected chi connectivity index (χ4v) is 3.60. The Morgan fingerprint density at radius 1 is 1.25 bits per heavy atom. The lowest BCUT2D eigenvalue weighted by Gasteiger charge is -2.20. The predicted octanol–water partition coefficient (Wildman–Crippen LogP) is 4.02. The number of hydrogen-bond donors (Lipinski definition) is 0. The maximum Gasteiger partial charge on any atom is 0.253 e. The highest BCUT2D eigenvalue weighted by atomic mass is 32.1. The summed E-state index contributed by atoms with van der Waals surface area (Å²) in [5.74, 6) is 0.239. The van der Waals surface area contributed by atoms with Gasteiger partial charge in [-0.25, -0.2) is 4.98 Å². The first-order valence-electron chi connectivity index (χ1n) is 7.94. The van der Waals surface area contributed by atoms with Gasteiger partial charge < -0.3 is 9.47 Å². The molecule has 0 saturated heterocycles. The number of nitrogens with zero attached hydrogens (tertiary/aromatic N) is 3. The smallest absolute Gasteiger partial charge is 0.253 e. The molecule has 0 fully saturated rings. The van der Waals surface area contributed by atoms with Crippen LogP contribution in [0, 0.1) is 0 Å². The molecule has 0 aliphatic carbocycles. The van der Waals surface area contributed by atoms with Crippen molar-refractivity contribution in [1.82, 2.24) is 14.5 Å². The topological polar surface area (TPSA) is 38.1 Å². The minimum Gasteiger partial charge on any atom is -0.349 e. The Kier molecular flexibility index (Phi) is 4.81. The van der Waals surface area contributed by atoms with Gasteiger partial charge in [-0.2, -0.15) is 0 Å². The van der Waals surface area contributed by atoms with Crippen molar-refractivity contribution < 1.29 is 4.79 Å². The van der Waals surface area contributed by atoms with E-state index in [-0.39, 0.29) is 11.8 Å². The molecule has 4 nitrogen and oxygen atoms in total. The van der Waals surface area contributed by atoms with Crippen LogP contribution in [0.5, 0.6) is 0 Å². The molecular weight excluding hydrogens is 318 g/mol. The lowest BCUT2D eigenvalue weighted by atomic mass is 10.1. The number of likely N-dealkylation sites (N-methyl/N-ethyl adjacent to an activating group) is 1. The van der Waals surface area contributed by atoms with Gasteiger partial charge in [0.2, 0.25) is 0 Å². The monoisotopic (exact) mass is 339 g/mol. The van der Waals surface area contributed by atoms with E-state index >= 15 is 0 Å². The van der Waals surface area contributed by atoms with Crippen LogP contribution < -0.4 is 0 Å². The van der Waals surface area contributed by atoms with Crippen molar-refractivity contribution in [1.29, 1.82) is 0 Å². The molecule has 3 aromatic rings. The van der Waals surface area contributed by atoms with E-state index in [0.29, 0.717) is 6.54 Å². The van der Waals surface area contributed by atoms with E-state index in [1.54, 1.807) is 16.2 Å². The molecule has 1 aromatic carbocycles. The number of amides is 1. The molecule has 24 heavy (non-hydrogen) atoms. The quantitative estimate of drug-likeness (QED) is 0.704. The summed E-state index contributed by atoms with van der Waals surface area (Å²) in [6, 6.07) is 13.5. The van der Waals surface area contributed by atoms with E-state index in [1.165, 1.54) is 0 Å². The van der Waals surface area contributed by atoms with Gasteiger partial charge in [-0.1, -0.05) is 25.1 Å². The summed E-state index contributed by atoms with van der Waals surface area (Å²) < 4.78 is 2.06. The highest BCUT2D eigenvalue weighted by Crippen LogP contribution is 2.27. The molecule has 124 valence electrons. The molecule has 0 radical (unpaired) electrons. The van der Waals surface area contributed by atoms with Gasteiger partial charge in [0.25, 0.3) is 5.91 Å². The summed E-state index contributed by atoms with van der Waals surface area (Å²) in [7, 11) is 3.86. The molecule has 1 atom stereocenters. The third-order valence-corrected chi connectivity index (χ3v) is 5.14. The van der Waals surface area contributed by atoms with Crippen LogP contribution in [0.25, 0.3) is 11.4 Å². The first-order valence-corrected chi connectivity index (χ1v) is 8.82. The van der Waals surface area contributed by atoms with Crippen LogP contribution in [-0.2, 0) is 7.05 Å². The van der Waals surface area contributed by atoms with Gasteiger partial charge in [0.1, 0.15) is 0 Å². The lowest BCUT2D eigenvalue weighted by molar-refractivity contribution is 0.0788. The standard InChI is InChI=1S/C19H21N3OS/c1-14(12-22(3)19(23)15-8-5-4-6-9-15)18-20-16(13-24-18)17-10-7-11-21(17)2/h4-11,13-14H,12H2,1-3H3/t14-/m0/s1. The van der Waals surface area contributed by atoms with E-state index in [0.717, 1.165) is 22.0 Å². The van der Waals surface area contributed by atoms with Crippen molar-refractivity contribution >= 4 is 17.2 Å². The van der Waals surface area contributed by atoms with Crippen LogP contribution >= 0.6 is 11.3 Å². The second-order valence-electron chi connectivity index (χ2n) is 6.03. The zero-order valence-electron chi connectivity index (χ0n) is 14.1. The van der Waals surface area contributed by atoms with Gasteiger partial charge >= 0.3 is 0 Å². The predicted molar refractivity (Wildman–Crippen MR) is 98.3 cm³/mol. The lowest BCUT2D eigenvalue weighted by Crippen LogP contribution is -2.30. The molecule has 1 amide bonds. The number of carbonyl (C=O) groups is 1. The first kappa shape index (κ1) is 16.5. The summed E-state index contributed by atoms with van der Waals surface area (Å²) in [6.07, 6.45) is 2.02. The Morgan fingerprint density at radius 3 is 2.67 bits per heavy atom. The molecule has 0 unspecified atom stereocenters. The van der Waals surface area contributed by atoms with Gasteiger partial charge in [0.05, 0.1) is 16.4 Å². The Morgan fingerprint density at radius 2 is 2.00 bits per heavy atom. The zero-order valence-corrected chi connectivity index (χ0v) is 15.0. The van der Waals surface area contributed by atoms with Crippen LogP contribution in [0.2, 0.25) is 0 Å². The SMILES string of the molecule is C[C@@H](CN(C)C(=O)c1ccccc1)c1nc(-c2cccn2C)cs1. The summed E-state index contributed by atoms with van der Waals surface area (Å²) >= 11 is 1.65. The van der Waals surface area contributed by atoms with Crippen molar-refractivity contribution in [2.24, 2.45) is 7.05 Å². The minimum atomic E-state index is 0.0432. The molecule has 0 aliphatic rings. The number of rotatable bonds is 5. The molecule has 0 spiro atoms. The number of aryl methyl sites for hydroxylation is 1. The van der Waals surface area contributed by atoms with Crippen molar-refractivity contribution in [2.75, 3.05) is 13.6 Å². The second-order valence-corrected chi connectivity index (χ2v) is 6.92. The number of benzene rings is 1. The number of aromatic nitrogens is 2. The van der Waals surface area contributed by atoms with Crippen LogP contribution in [-0.4, -0.2) is 34.0 Å². The van der Waals surface area contributed by atoms with Crippen LogP contribution in [0.3, 0.4) is 0 Å². The zero-order chi connectivity index (χ0) is 17.1.